The van der Waals surface area contributed by atoms with E-state index in [0.29, 0.717) is 23.9 Å². The van der Waals surface area contributed by atoms with Crippen LogP contribution in [0.1, 0.15) is 46.6 Å². The van der Waals surface area contributed by atoms with Crippen molar-refractivity contribution >= 4 is 50.0 Å². The number of thiazole rings is 1. The van der Waals surface area contributed by atoms with E-state index < -0.39 is 5.92 Å². The lowest BCUT2D eigenvalue weighted by atomic mass is 9.93. The third kappa shape index (κ3) is 4.97. The molecular weight excluding hydrogens is 364 g/mol. The number of carbonyl (C=O) groups excluding carboxylic acids is 2. The van der Waals surface area contributed by atoms with Gasteiger partial charge in [0.2, 0.25) is 5.91 Å². The van der Waals surface area contributed by atoms with Crippen LogP contribution in [0.3, 0.4) is 0 Å². The number of benzene rings is 1. The molecule has 7 nitrogen and oxygen atoms in total. The largest absolute Gasteiger partial charge is 0.465 e. The molecule has 0 radical (unpaired) electrons. The molecule has 0 fully saturated rings. The molecule has 0 spiro atoms. The second-order valence-corrected chi connectivity index (χ2v) is 6.71. The summed E-state index contributed by atoms with van der Waals surface area (Å²) >= 11 is 1.39. The van der Waals surface area contributed by atoms with E-state index in [9.17, 15) is 9.59 Å². The molecular formula is C19H24N4O3S. The van der Waals surface area contributed by atoms with Crippen molar-refractivity contribution in [2.75, 3.05) is 11.9 Å². The second-order valence-electron chi connectivity index (χ2n) is 5.68. The number of nitrogens with one attached hydrogen (secondary N) is 1. The summed E-state index contributed by atoms with van der Waals surface area (Å²) in [5, 5.41) is 11.6. The standard InChI is InChI=1S/C17H18N4O3S.C2H6/c1-4-24-16(23)12-8-14(21-20-9(12)2)11-5-6-13-15(7-11)25-17(19-13)18-10(3)22;1-2/h5-7,12H,4,8H2,1-3H3,(H,18,19,22);1-2H3. The SMILES string of the molecule is CC.CCOC(=O)C1CC(c2ccc3nc(NC(C)=O)sc3c2)=NN=C1C. The second kappa shape index (κ2) is 9.36. The average Bonchev–Trinajstić information content (AvgIpc) is 3.04. The highest BCUT2D eigenvalue weighted by Gasteiger charge is 2.28. The van der Waals surface area contributed by atoms with E-state index in [1.807, 2.05) is 32.0 Å². The van der Waals surface area contributed by atoms with E-state index in [-0.39, 0.29) is 11.9 Å². The molecule has 1 unspecified atom stereocenters. The third-order valence-corrected chi connectivity index (χ3v) is 4.74. The number of anilines is 1. The zero-order chi connectivity index (χ0) is 20.0. The van der Waals surface area contributed by atoms with Crippen molar-refractivity contribution in [3.63, 3.8) is 0 Å². The maximum Gasteiger partial charge on any atom is 0.315 e. The van der Waals surface area contributed by atoms with Crippen molar-refractivity contribution in [2.45, 2.75) is 41.0 Å². The summed E-state index contributed by atoms with van der Waals surface area (Å²) in [5.74, 6) is -0.833. The van der Waals surface area contributed by atoms with E-state index in [0.717, 1.165) is 21.5 Å². The Morgan fingerprint density at radius 1 is 1.30 bits per heavy atom. The van der Waals surface area contributed by atoms with E-state index in [2.05, 4.69) is 20.5 Å². The molecule has 1 aliphatic rings. The molecule has 1 aliphatic heterocycles. The zero-order valence-electron chi connectivity index (χ0n) is 16.2. The highest BCUT2D eigenvalue weighted by Crippen LogP contribution is 2.28. The van der Waals surface area contributed by atoms with Crippen molar-refractivity contribution in [3.05, 3.63) is 23.8 Å². The number of fused-ring (bicyclic) bond motifs is 1. The predicted octanol–water partition coefficient (Wildman–Crippen LogP) is 4.03. The zero-order valence-corrected chi connectivity index (χ0v) is 17.0. The van der Waals surface area contributed by atoms with Crippen LogP contribution in [0.2, 0.25) is 0 Å². The lowest BCUT2D eigenvalue weighted by Crippen LogP contribution is -2.29. The quantitative estimate of drug-likeness (QED) is 0.800. The number of nitrogens with zero attached hydrogens (tertiary/aromatic N) is 3. The average molecular weight is 388 g/mol. The maximum absolute atomic E-state index is 12.1. The molecule has 2 heterocycles. The number of carbonyl (C=O) groups is 2. The minimum Gasteiger partial charge on any atom is -0.465 e. The molecule has 144 valence electrons. The summed E-state index contributed by atoms with van der Waals surface area (Å²) < 4.78 is 6.06. The molecule has 0 aliphatic carbocycles. The summed E-state index contributed by atoms with van der Waals surface area (Å²) in [7, 11) is 0. The van der Waals surface area contributed by atoms with Crippen LogP contribution in [0.25, 0.3) is 10.2 Å². The van der Waals surface area contributed by atoms with Gasteiger partial charge in [0.1, 0.15) is 5.92 Å². The van der Waals surface area contributed by atoms with Gasteiger partial charge < -0.3 is 10.1 Å². The fraction of sp³-hybridized carbons (Fsp3) is 0.421. The van der Waals surface area contributed by atoms with Crippen LogP contribution in [-0.4, -0.2) is 34.9 Å². The summed E-state index contributed by atoms with van der Waals surface area (Å²) in [5.41, 5.74) is 3.08. The van der Waals surface area contributed by atoms with Gasteiger partial charge in [-0.05, 0) is 31.5 Å². The van der Waals surface area contributed by atoms with Crippen molar-refractivity contribution in [3.8, 4) is 0 Å². The molecule has 0 saturated heterocycles. The molecule has 0 bridgehead atoms. The normalized spacial score (nSPS) is 16.0. The molecule has 0 saturated carbocycles. The van der Waals surface area contributed by atoms with Crippen LogP contribution in [0.4, 0.5) is 5.13 Å². The number of ether oxygens (including phenoxy) is 1. The first-order valence-corrected chi connectivity index (χ1v) is 9.75. The number of hydrogen-bond acceptors (Lipinski definition) is 7. The highest BCUT2D eigenvalue weighted by molar-refractivity contribution is 7.22. The number of rotatable bonds is 4. The van der Waals surface area contributed by atoms with Gasteiger partial charge in [-0.25, -0.2) is 4.98 Å². The molecule has 1 N–H and O–H groups in total. The Labute approximate surface area is 162 Å². The molecule has 3 rings (SSSR count). The predicted molar refractivity (Wildman–Crippen MR) is 110 cm³/mol. The molecule has 1 atom stereocenters. The van der Waals surface area contributed by atoms with Gasteiger partial charge >= 0.3 is 5.97 Å². The van der Waals surface area contributed by atoms with Crippen LogP contribution in [0.5, 0.6) is 0 Å². The van der Waals surface area contributed by atoms with Gasteiger partial charge in [-0.1, -0.05) is 31.3 Å². The van der Waals surface area contributed by atoms with Gasteiger partial charge in [0, 0.05) is 13.3 Å². The van der Waals surface area contributed by atoms with Gasteiger partial charge in [-0.3, -0.25) is 9.59 Å². The molecule has 1 aromatic heterocycles. The highest BCUT2D eigenvalue weighted by atomic mass is 32.1. The third-order valence-electron chi connectivity index (χ3n) is 3.81. The van der Waals surface area contributed by atoms with Crippen LogP contribution in [-0.2, 0) is 14.3 Å². The lowest BCUT2D eigenvalue weighted by molar-refractivity contribution is -0.145. The Morgan fingerprint density at radius 3 is 2.70 bits per heavy atom. The maximum atomic E-state index is 12.1. The van der Waals surface area contributed by atoms with Crippen LogP contribution in [0.15, 0.2) is 28.4 Å². The summed E-state index contributed by atoms with van der Waals surface area (Å²) in [6.45, 7) is 9.36. The van der Waals surface area contributed by atoms with E-state index in [1.165, 1.54) is 18.3 Å². The van der Waals surface area contributed by atoms with Gasteiger partial charge in [0.05, 0.1) is 28.2 Å². The van der Waals surface area contributed by atoms with Crippen LogP contribution < -0.4 is 5.32 Å². The summed E-state index contributed by atoms with van der Waals surface area (Å²) in [4.78, 5) is 27.6. The fourth-order valence-corrected chi connectivity index (χ4v) is 3.52. The minimum atomic E-state index is -0.403. The number of hydrogen-bond donors (Lipinski definition) is 1. The molecule has 1 aromatic carbocycles. The fourth-order valence-electron chi connectivity index (χ4n) is 2.57. The molecule has 27 heavy (non-hydrogen) atoms. The monoisotopic (exact) mass is 388 g/mol. The van der Waals surface area contributed by atoms with Crippen molar-refractivity contribution in [1.29, 1.82) is 0 Å². The van der Waals surface area contributed by atoms with Crippen molar-refractivity contribution < 1.29 is 14.3 Å². The van der Waals surface area contributed by atoms with Gasteiger partial charge in [-0.15, -0.1) is 0 Å². The topological polar surface area (TPSA) is 93.0 Å². The number of amides is 1. The minimum absolute atomic E-state index is 0.155. The first-order valence-electron chi connectivity index (χ1n) is 8.94. The Morgan fingerprint density at radius 2 is 2.04 bits per heavy atom. The van der Waals surface area contributed by atoms with Gasteiger partial charge in [0.25, 0.3) is 0 Å². The molecule has 2 aromatic rings. The van der Waals surface area contributed by atoms with E-state index in [4.69, 9.17) is 4.74 Å². The molecule has 1 amide bonds. The molecule has 8 heteroatoms. The first-order chi connectivity index (χ1) is 13.0. The number of aromatic nitrogens is 1. The Kier molecular flexibility index (Phi) is 7.18. The van der Waals surface area contributed by atoms with E-state index in [1.54, 1.807) is 13.8 Å². The van der Waals surface area contributed by atoms with Gasteiger partial charge in [0.15, 0.2) is 5.13 Å². The van der Waals surface area contributed by atoms with Crippen molar-refractivity contribution in [1.82, 2.24) is 4.98 Å². The van der Waals surface area contributed by atoms with Crippen LogP contribution >= 0.6 is 11.3 Å². The first kappa shape index (κ1) is 20.7. The van der Waals surface area contributed by atoms with Gasteiger partial charge in [-0.2, -0.15) is 10.2 Å². The Balaban J connectivity index is 0.00000126. The smallest absolute Gasteiger partial charge is 0.315 e. The summed E-state index contributed by atoms with van der Waals surface area (Å²) in [6, 6.07) is 5.73. The lowest BCUT2D eigenvalue weighted by Gasteiger charge is -2.19. The number of esters is 1. The van der Waals surface area contributed by atoms with Crippen LogP contribution in [0, 0.1) is 5.92 Å². The van der Waals surface area contributed by atoms with E-state index >= 15 is 0 Å². The summed E-state index contributed by atoms with van der Waals surface area (Å²) in [6.07, 6.45) is 0.455. The Bertz CT molecular complexity index is 901. The Hall–Kier alpha value is -2.61. The van der Waals surface area contributed by atoms with Crippen molar-refractivity contribution in [2.24, 2.45) is 16.1 Å².